The van der Waals surface area contributed by atoms with Gasteiger partial charge in [-0.15, -0.1) is 11.3 Å². The maximum absolute atomic E-state index is 10.7. The molecule has 1 amide bonds. The normalized spacial score (nSPS) is 14.9. The highest BCUT2D eigenvalue weighted by atomic mass is 32.1. The molecule has 1 aromatic rings. The zero-order valence-corrected chi connectivity index (χ0v) is 9.67. The van der Waals surface area contributed by atoms with Crippen molar-refractivity contribution in [1.29, 1.82) is 0 Å². The van der Waals surface area contributed by atoms with Gasteiger partial charge in [-0.2, -0.15) is 0 Å². The summed E-state index contributed by atoms with van der Waals surface area (Å²) in [6.07, 6.45) is 1.83. The van der Waals surface area contributed by atoms with Gasteiger partial charge in [0.2, 0.25) is 5.91 Å². The number of amides is 1. The monoisotopic (exact) mass is 228 g/mol. The first-order valence-corrected chi connectivity index (χ1v) is 5.53. The van der Waals surface area contributed by atoms with E-state index in [1.165, 1.54) is 0 Å². The van der Waals surface area contributed by atoms with Crippen molar-refractivity contribution in [1.82, 2.24) is 10.3 Å². The molecule has 5 nitrogen and oxygen atoms in total. The van der Waals surface area contributed by atoms with Crippen molar-refractivity contribution in [3.8, 4) is 0 Å². The number of aromatic nitrogens is 1. The number of hydrogen-bond acceptors (Lipinski definition) is 5. The lowest BCUT2D eigenvalue weighted by Crippen LogP contribution is -2.44. The largest absolute Gasteiger partial charge is 0.368 e. The Morgan fingerprint density at radius 1 is 1.73 bits per heavy atom. The predicted octanol–water partition coefficient (Wildman–Crippen LogP) is -0.0853. The molecule has 0 aliphatic rings. The van der Waals surface area contributed by atoms with E-state index in [1.807, 2.05) is 20.0 Å². The van der Waals surface area contributed by atoms with Crippen LogP contribution in [0.5, 0.6) is 0 Å². The first kappa shape index (κ1) is 12.1. The highest BCUT2D eigenvalue weighted by Crippen LogP contribution is 2.18. The van der Waals surface area contributed by atoms with Gasteiger partial charge in [-0.1, -0.05) is 0 Å². The summed E-state index contributed by atoms with van der Waals surface area (Å²) in [5.41, 5.74) is 10.5. The van der Waals surface area contributed by atoms with Crippen LogP contribution >= 0.6 is 11.3 Å². The van der Waals surface area contributed by atoms with E-state index in [0.29, 0.717) is 6.54 Å². The minimum atomic E-state index is -0.645. The standard InChI is InChI=1S/C9H16N4OS/c1-5-3-13-9(15-5)6(2)12-4-7(10)8(11)14/h3,6-7,12H,4,10H2,1-2H3,(H2,11,14). The van der Waals surface area contributed by atoms with E-state index in [2.05, 4.69) is 10.3 Å². The molecule has 5 N–H and O–H groups in total. The zero-order valence-electron chi connectivity index (χ0n) is 8.86. The highest BCUT2D eigenvalue weighted by molar-refractivity contribution is 7.11. The van der Waals surface area contributed by atoms with Gasteiger partial charge in [0.15, 0.2) is 0 Å². The first-order chi connectivity index (χ1) is 7.00. The Hall–Kier alpha value is -0.980. The van der Waals surface area contributed by atoms with Gasteiger partial charge in [-0.3, -0.25) is 4.79 Å². The lowest BCUT2D eigenvalue weighted by molar-refractivity contribution is -0.119. The molecule has 1 heterocycles. The van der Waals surface area contributed by atoms with Gasteiger partial charge in [0, 0.05) is 17.6 Å². The minimum absolute atomic E-state index is 0.0918. The van der Waals surface area contributed by atoms with Crippen LogP contribution in [-0.4, -0.2) is 23.5 Å². The Kier molecular flexibility index (Phi) is 4.19. The summed E-state index contributed by atoms with van der Waals surface area (Å²) in [7, 11) is 0. The molecule has 6 heteroatoms. The molecule has 1 rings (SSSR count). The number of nitrogens with two attached hydrogens (primary N) is 2. The molecule has 0 aliphatic heterocycles. The van der Waals surface area contributed by atoms with Crippen LogP contribution < -0.4 is 16.8 Å². The van der Waals surface area contributed by atoms with Gasteiger partial charge in [0.1, 0.15) is 5.01 Å². The highest BCUT2D eigenvalue weighted by Gasteiger charge is 2.13. The molecule has 0 aromatic carbocycles. The third-order valence-electron chi connectivity index (χ3n) is 2.02. The van der Waals surface area contributed by atoms with E-state index in [9.17, 15) is 4.79 Å². The molecule has 0 saturated heterocycles. The second-order valence-corrected chi connectivity index (χ2v) is 4.71. The van der Waals surface area contributed by atoms with Crippen molar-refractivity contribution in [3.63, 3.8) is 0 Å². The molecule has 0 radical (unpaired) electrons. The van der Waals surface area contributed by atoms with Crippen LogP contribution in [0.15, 0.2) is 6.20 Å². The smallest absolute Gasteiger partial charge is 0.235 e. The molecule has 0 fully saturated rings. The van der Waals surface area contributed by atoms with Crippen molar-refractivity contribution in [2.45, 2.75) is 25.9 Å². The first-order valence-electron chi connectivity index (χ1n) is 4.71. The molecule has 2 unspecified atom stereocenters. The van der Waals surface area contributed by atoms with Crippen molar-refractivity contribution >= 4 is 17.2 Å². The SMILES string of the molecule is Cc1cnc(C(C)NCC(N)C(N)=O)s1. The minimum Gasteiger partial charge on any atom is -0.368 e. The van der Waals surface area contributed by atoms with Crippen molar-refractivity contribution in [2.24, 2.45) is 11.5 Å². The topological polar surface area (TPSA) is 94.0 Å². The summed E-state index contributed by atoms with van der Waals surface area (Å²) in [5.74, 6) is -0.495. The fraction of sp³-hybridized carbons (Fsp3) is 0.556. The Morgan fingerprint density at radius 2 is 2.40 bits per heavy atom. The zero-order chi connectivity index (χ0) is 11.4. The average Bonchev–Trinajstić information content (AvgIpc) is 2.60. The summed E-state index contributed by atoms with van der Waals surface area (Å²) in [6.45, 7) is 4.35. The summed E-state index contributed by atoms with van der Waals surface area (Å²) >= 11 is 1.63. The number of aryl methyl sites for hydroxylation is 1. The van der Waals surface area contributed by atoms with Gasteiger partial charge >= 0.3 is 0 Å². The molecular weight excluding hydrogens is 212 g/mol. The lowest BCUT2D eigenvalue weighted by Gasteiger charge is -2.13. The Labute approximate surface area is 92.9 Å². The molecule has 2 atom stereocenters. The molecule has 0 aliphatic carbocycles. The van der Waals surface area contributed by atoms with E-state index >= 15 is 0 Å². The fourth-order valence-corrected chi connectivity index (χ4v) is 1.86. The number of carbonyl (C=O) groups is 1. The lowest BCUT2D eigenvalue weighted by atomic mass is 10.2. The quantitative estimate of drug-likeness (QED) is 0.656. The predicted molar refractivity (Wildman–Crippen MR) is 60.4 cm³/mol. The number of primary amides is 1. The molecule has 0 bridgehead atoms. The van der Waals surface area contributed by atoms with Gasteiger partial charge in [-0.25, -0.2) is 4.98 Å². The summed E-state index contributed by atoms with van der Waals surface area (Å²) in [6, 6.07) is -0.553. The number of rotatable bonds is 5. The van der Waals surface area contributed by atoms with Gasteiger partial charge in [0.05, 0.1) is 12.1 Å². The molecule has 84 valence electrons. The molecular formula is C9H16N4OS. The number of nitrogens with one attached hydrogen (secondary N) is 1. The van der Waals surface area contributed by atoms with Crippen LogP contribution in [0.4, 0.5) is 0 Å². The number of thiazole rings is 1. The van der Waals surface area contributed by atoms with Crippen molar-refractivity contribution in [2.75, 3.05) is 6.54 Å². The van der Waals surface area contributed by atoms with Crippen molar-refractivity contribution < 1.29 is 4.79 Å². The molecule has 15 heavy (non-hydrogen) atoms. The van der Waals surface area contributed by atoms with Gasteiger partial charge in [-0.05, 0) is 13.8 Å². The summed E-state index contributed by atoms with van der Waals surface area (Å²) in [4.78, 5) is 16.1. The van der Waals surface area contributed by atoms with Gasteiger partial charge in [0.25, 0.3) is 0 Å². The summed E-state index contributed by atoms with van der Waals surface area (Å²) < 4.78 is 0. The Bertz CT molecular complexity index is 339. The maximum atomic E-state index is 10.7. The molecule has 1 aromatic heterocycles. The van der Waals surface area contributed by atoms with Crippen LogP contribution in [0.3, 0.4) is 0 Å². The summed E-state index contributed by atoms with van der Waals surface area (Å²) in [5, 5.41) is 4.11. The van der Waals surface area contributed by atoms with Crippen LogP contribution in [0.2, 0.25) is 0 Å². The van der Waals surface area contributed by atoms with E-state index in [4.69, 9.17) is 11.5 Å². The van der Waals surface area contributed by atoms with Crippen LogP contribution in [-0.2, 0) is 4.79 Å². The Balaban J connectivity index is 2.43. The average molecular weight is 228 g/mol. The van der Waals surface area contributed by atoms with E-state index in [-0.39, 0.29) is 6.04 Å². The van der Waals surface area contributed by atoms with Crippen LogP contribution in [0, 0.1) is 6.92 Å². The van der Waals surface area contributed by atoms with Crippen LogP contribution in [0.25, 0.3) is 0 Å². The van der Waals surface area contributed by atoms with E-state index < -0.39 is 11.9 Å². The third kappa shape index (κ3) is 3.58. The maximum Gasteiger partial charge on any atom is 0.235 e. The van der Waals surface area contributed by atoms with Gasteiger partial charge < -0.3 is 16.8 Å². The number of hydrogen-bond donors (Lipinski definition) is 3. The number of carbonyl (C=O) groups excluding carboxylic acids is 1. The second-order valence-electron chi connectivity index (χ2n) is 3.45. The Morgan fingerprint density at radius 3 is 2.87 bits per heavy atom. The fourth-order valence-electron chi connectivity index (χ4n) is 1.06. The third-order valence-corrected chi connectivity index (χ3v) is 3.11. The molecule has 0 saturated carbocycles. The number of nitrogens with zero attached hydrogens (tertiary/aromatic N) is 1. The van der Waals surface area contributed by atoms with E-state index in [0.717, 1.165) is 9.88 Å². The van der Waals surface area contributed by atoms with E-state index in [1.54, 1.807) is 11.3 Å². The second kappa shape index (κ2) is 5.20. The molecule has 0 spiro atoms. The van der Waals surface area contributed by atoms with Crippen molar-refractivity contribution in [3.05, 3.63) is 16.1 Å². The van der Waals surface area contributed by atoms with Crippen LogP contribution in [0.1, 0.15) is 22.9 Å².